The van der Waals surface area contributed by atoms with Crippen LogP contribution in [0.25, 0.3) is 17.0 Å². The lowest BCUT2D eigenvalue weighted by Crippen LogP contribution is -2.45. The first-order valence-corrected chi connectivity index (χ1v) is 7.27. The molecule has 1 aliphatic heterocycles. The molecule has 1 aromatic carbocycles. The van der Waals surface area contributed by atoms with Crippen LogP contribution in [0.3, 0.4) is 0 Å². The molecule has 0 radical (unpaired) electrons. The number of aliphatic hydroxyl groups is 1. The van der Waals surface area contributed by atoms with E-state index in [1.54, 1.807) is 11.0 Å². The van der Waals surface area contributed by atoms with Gasteiger partial charge < -0.3 is 14.4 Å². The number of para-hydroxylation sites is 1. The molecule has 1 saturated heterocycles. The van der Waals surface area contributed by atoms with Crippen molar-refractivity contribution in [1.82, 2.24) is 4.90 Å². The summed E-state index contributed by atoms with van der Waals surface area (Å²) >= 11 is 0. The summed E-state index contributed by atoms with van der Waals surface area (Å²) < 4.78 is 5.64. The number of amides is 1. The van der Waals surface area contributed by atoms with Crippen molar-refractivity contribution in [2.75, 3.05) is 13.1 Å². The highest BCUT2D eigenvalue weighted by molar-refractivity contribution is 5.92. The molecule has 3 rings (SSSR count). The maximum absolute atomic E-state index is 12.1. The average Bonchev–Trinajstić information content (AvgIpc) is 2.90. The van der Waals surface area contributed by atoms with Crippen molar-refractivity contribution in [2.45, 2.75) is 19.4 Å². The summed E-state index contributed by atoms with van der Waals surface area (Å²) in [5, 5.41) is 10.9. The molecular formula is C17H19NO3. The van der Waals surface area contributed by atoms with Gasteiger partial charge in [-0.15, -0.1) is 0 Å². The second kappa shape index (κ2) is 5.74. The number of rotatable bonds is 2. The zero-order valence-corrected chi connectivity index (χ0v) is 12.0. The number of benzene rings is 1. The number of piperidine rings is 1. The summed E-state index contributed by atoms with van der Waals surface area (Å²) in [4.78, 5) is 13.8. The molecule has 0 saturated carbocycles. The van der Waals surface area contributed by atoms with Gasteiger partial charge in [0.2, 0.25) is 5.91 Å². The number of fused-ring (bicyclic) bond motifs is 1. The molecule has 2 unspecified atom stereocenters. The Kier molecular flexibility index (Phi) is 3.80. The third kappa shape index (κ3) is 3.00. The largest absolute Gasteiger partial charge is 0.457 e. The fourth-order valence-electron chi connectivity index (χ4n) is 2.59. The van der Waals surface area contributed by atoms with E-state index in [4.69, 9.17) is 4.42 Å². The Labute approximate surface area is 123 Å². The molecule has 4 nitrogen and oxygen atoms in total. The Bertz CT molecular complexity index is 640. The van der Waals surface area contributed by atoms with E-state index in [9.17, 15) is 9.90 Å². The average molecular weight is 285 g/mol. The Hall–Kier alpha value is -2.07. The van der Waals surface area contributed by atoms with Crippen LogP contribution in [0.4, 0.5) is 0 Å². The fraction of sp³-hybridized carbons (Fsp3) is 0.353. The minimum atomic E-state index is -0.428. The first-order chi connectivity index (χ1) is 10.1. The smallest absolute Gasteiger partial charge is 0.246 e. The van der Waals surface area contributed by atoms with E-state index in [1.165, 1.54) is 6.08 Å². The first-order valence-electron chi connectivity index (χ1n) is 7.27. The predicted octanol–water partition coefficient (Wildman–Crippen LogP) is 2.68. The first kappa shape index (κ1) is 13.9. The van der Waals surface area contributed by atoms with Gasteiger partial charge in [-0.05, 0) is 30.5 Å². The standard InChI is InChI=1S/C17H19NO3/c1-12-8-9-18(11-15(12)19)17(20)7-6-14-10-13-4-2-3-5-16(13)21-14/h2-7,10,12,15,19H,8-9,11H2,1H3/b7-6+. The number of nitrogens with zero attached hydrogens (tertiary/aromatic N) is 1. The number of furan rings is 1. The lowest BCUT2D eigenvalue weighted by molar-refractivity contribution is -0.130. The summed E-state index contributed by atoms with van der Waals surface area (Å²) in [6.45, 7) is 3.11. The molecule has 1 fully saturated rings. The Morgan fingerprint density at radius 3 is 3.00 bits per heavy atom. The van der Waals surface area contributed by atoms with Crippen LogP contribution in [0.2, 0.25) is 0 Å². The SMILES string of the molecule is CC1CCN(C(=O)/C=C/c2cc3ccccc3o2)CC1O. The highest BCUT2D eigenvalue weighted by Gasteiger charge is 2.26. The molecule has 0 spiro atoms. The molecule has 2 heterocycles. The Morgan fingerprint density at radius 1 is 1.43 bits per heavy atom. The molecule has 1 N–H and O–H groups in total. The van der Waals surface area contributed by atoms with Crippen LogP contribution in [0.5, 0.6) is 0 Å². The van der Waals surface area contributed by atoms with E-state index in [0.717, 1.165) is 17.4 Å². The zero-order valence-electron chi connectivity index (χ0n) is 12.0. The number of likely N-dealkylation sites (tertiary alicyclic amines) is 1. The van der Waals surface area contributed by atoms with E-state index in [-0.39, 0.29) is 11.8 Å². The maximum Gasteiger partial charge on any atom is 0.246 e. The van der Waals surface area contributed by atoms with Crippen LogP contribution in [-0.2, 0) is 4.79 Å². The molecule has 110 valence electrons. The minimum absolute atomic E-state index is 0.0820. The van der Waals surface area contributed by atoms with Crippen LogP contribution in [0, 0.1) is 5.92 Å². The maximum atomic E-state index is 12.1. The third-order valence-corrected chi connectivity index (χ3v) is 4.07. The molecule has 1 aromatic heterocycles. The molecule has 1 aliphatic rings. The Balaban J connectivity index is 1.69. The van der Waals surface area contributed by atoms with Gasteiger partial charge in [0.1, 0.15) is 11.3 Å². The summed E-state index contributed by atoms with van der Waals surface area (Å²) in [5.41, 5.74) is 0.812. The predicted molar refractivity (Wildman–Crippen MR) is 81.6 cm³/mol. The molecule has 1 amide bonds. The van der Waals surface area contributed by atoms with Gasteiger partial charge in [0.05, 0.1) is 6.10 Å². The van der Waals surface area contributed by atoms with Crippen molar-refractivity contribution in [3.63, 3.8) is 0 Å². The van der Waals surface area contributed by atoms with Crippen LogP contribution in [-0.4, -0.2) is 35.1 Å². The summed E-state index contributed by atoms with van der Waals surface area (Å²) in [7, 11) is 0. The van der Waals surface area contributed by atoms with Crippen molar-refractivity contribution in [1.29, 1.82) is 0 Å². The molecule has 2 atom stereocenters. The number of carbonyl (C=O) groups excluding carboxylic acids is 1. The molecule has 0 aliphatic carbocycles. The lowest BCUT2D eigenvalue weighted by Gasteiger charge is -2.33. The zero-order chi connectivity index (χ0) is 14.8. The number of carbonyl (C=O) groups is 1. The van der Waals surface area contributed by atoms with Crippen molar-refractivity contribution in [3.8, 4) is 0 Å². The van der Waals surface area contributed by atoms with Crippen molar-refractivity contribution in [2.24, 2.45) is 5.92 Å². The summed E-state index contributed by atoms with van der Waals surface area (Å²) in [6.07, 6.45) is 3.61. The van der Waals surface area contributed by atoms with Gasteiger partial charge in [-0.3, -0.25) is 4.79 Å². The van der Waals surface area contributed by atoms with Gasteiger partial charge in [0, 0.05) is 24.6 Å². The third-order valence-electron chi connectivity index (χ3n) is 4.07. The van der Waals surface area contributed by atoms with Crippen LogP contribution < -0.4 is 0 Å². The van der Waals surface area contributed by atoms with Gasteiger partial charge in [-0.2, -0.15) is 0 Å². The lowest BCUT2D eigenvalue weighted by atomic mass is 9.96. The summed E-state index contributed by atoms with van der Waals surface area (Å²) in [5.74, 6) is 0.838. The van der Waals surface area contributed by atoms with Crippen molar-refractivity contribution < 1.29 is 14.3 Å². The summed E-state index contributed by atoms with van der Waals surface area (Å²) in [6, 6.07) is 9.65. The molecule has 21 heavy (non-hydrogen) atoms. The molecule has 2 aromatic rings. The number of hydrogen-bond acceptors (Lipinski definition) is 3. The second-order valence-electron chi connectivity index (χ2n) is 5.64. The number of hydrogen-bond donors (Lipinski definition) is 1. The molecular weight excluding hydrogens is 266 g/mol. The minimum Gasteiger partial charge on any atom is -0.457 e. The van der Waals surface area contributed by atoms with Gasteiger partial charge in [0.15, 0.2) is 0 Å². The Morgan fingerprint density at radius 2 is 2.24 bits per heavy atom. The molecule has 0 bridgehead atoms. The highest BCUT2D eigenvalue weighted by atomic mass is 16.3. The van der Waals surface area contributed by atoms with E-state index in [2.05, 4.69) is 0 Å². The van der Waals surface area contributed by atoms with Crippen molar-refractivity contribution >= 4 is 23.0 Å². The number of β-amino-alcohol motifs (C(OH)–C–C–N with tert-alkyl or cyclic N) is 1. The van der Waals surface area contributed by atoms with Crippen LogP contribution in [0.15, 0.2) is 40.8 Å². The van der Waals surface area contributed by atoms with E-state index in [1.807, 2.05) is 37.3 Å². The van der Waals surface area contributed by atoms with Crippen molar-refractivity contribution in [3.05, 3.63) is 42.2 Å². The monoisotopic (exact) mass is 285 g/mol. The topological polar surface area (TPSA) is 53.7 Å². The highest BCUT2D eigenvalue weighted by Crippen LogP contribution is 2.20. The fourth-order valence-corrected chi connectivity index (χ4v) is 2.59. The second-order valence-corrected chi connectivity index (χ2v) is 5.64. The number of aliphatic hydroxyl groups excluding tert-OH is 1. The van der Waals surface area contributed by atoms with E-state index in [0.29, 0.717) is 18.8 Å². The van der Waals surface area contributed by atoms with Gasteiger partial charge in [-0.1, -0.05) is 25.1 Å². The van der Waals surface area contributed by atoms with Gasteiger partial charge >= 0.3 is 0 Å². The van der Waals surface area contributed by atoms with E-state index < -0.39 is 6.10 Å². The quantitative estimate of drug-likeness (QED) is 0.863. The van der Waals surface area contributed by atoms with Crippen LogP contribution in [0.1, 0.15) is 19.1 Å². The molecule has 4 heteroatoms. The van der Waals surface area contributed by atoms with Gasteiger partial charge in [0.25, 0.3) is 0 Å². The normalized spacial score (nSPS) is 23.0. The van der Waals surface area contributed by atoms with Crippen LogP contribution >= 0.6 is 0 Å². The van der Waals surface area contributed by atoms with E-state index >= 15 is 0 Å². The van der Waals surface area contributed by atoms with Gasteiger partial charge in [-0.25, -0.2) is 0 Å².